The molecule has 0 aromatic carbocycles. The van der Waals surface area contributed by atoms with Crippen LogP contribution < -0.4 is 0 Å². The Morgan fingerprint density at radius 1 is 1.19 bits per heavy atom. The van der Waals surface area contributed by atoms with Crippen LogP contribution in [-0.2, 0) is 0 Å². The quantitative estimate of drug-likeness (QED) is 0.629. The van der Waals surface area contributed by atoms with Gasteiger partial charge in [0.05, 0.1) is 0 Å². The first-order chi connectivity index (χ1) is 7.40. The minimum atomic E-state index is 0.678. The van der Waals surface area contributed by atoms with Crippen LogP contribution in [0.4, 0.5) is 0 Å². The summed E-state index contributed by atoms with van der Waals surface area (Å²) in [5.41, 5.74) is 0.678. The Bertz CT molecular complexity index is 255. The minimum Gasteiger partial charge on any atom is -0.0651 e. The zero-order valence-corrected chi connectivity index (χ0v) is 12.1. The molecule has 2 rings (SSSR count). The molecule has 0 nitrogen and oxygen atoms in total. The SMILES string of the molecule is CCC1C(C)C1CC1(C)CC(C(C)C)C1C. The summed E-state index contributed by atoms with van der Waals surface area (Å²) in [6.07, 6.45) is 4.41. The molecule has 0 bridgehead atoms. The molecule has 16 heavy (non-hydrogen) atoms. The summed E-state index contributed by atoms with van der Waals surface area (Å²) in [6.45, 7) is 14.7. The second-order valence-corrected chi connectivity index (χ2v) is 7.35. The van der Waals surface area contributed by atoms with Crippen LogP contribution in [0.3, 0.4) is 0 Å². The van der Waals surface area contributed by atoms with Crippen molar-refractivity contribution in [2.45, 2.75) is 60.8 Å². The Hall–Kier alpha value is 0. The average molecular weight is 222 g/mol. The third kappa shape index (κ3) is 1.83. The van der Waals surface area contributed by atoms with Crippen molar-refractivity contribution in [3.05, 3.63) is 0 Å². The van der Waals surface area contributed by atoms with Crippen LogP contribution in [0.2, 0.25) is 0 Å². The van der Waals surface area contributed by atoms with Gasteiger partial charge in [0.15, 0.2) is 0 Å². The van der Waals surface area contributed by atoms with E-state index >= 15 is 0 Å². The molecule has 0 amide bonds. The number of rotatable bonds is 4. The van der Waals surface area contributed by atoms with Crippen molar-refractivity contribution in [1.82, 2.24) is 0 Å². The van der Waals surface area contributed by atoms with Crippen LogP contribution in [0.1, 0.15) is 60.8 Å². The van der Waals surface area contributed by atoms with E-state index in [2.05, 4.69) is 41.5 Å². The first kappa shape index (κ1) is 12.5. The van der Waals surface area contributed by atoms with Crippen molar-refractivity contribution in [3.63, 3.8) is 0 Å². The molecule has 0 heteroatoms. The van der Waals surface area contributed by atoms with Crippen LogP contribution in [0.25, 0.3) is 0 Å². The van der Waals surface area contributed by atoms with Crippen LogP contribution in [0.15, 0.2) is 0 Å². The molecule has 0 N–H and O–H groups in total. The van der Waals surface area contributed by atoms with Gasteiger partial charge in [0, 0.05) is 0 Å². The predicted molar refractivity (Wildman–Crippen MR) is 71.3 cm³/mol. The summed E-state index contributed by atoms with van der Waals surface area (Å²) in [5.74, 6) is 5.98. The molecule has 0 aromatic heterocycles. The Morgan fingerprint density at radius 3 is 2.19 bits per heavy atom. The van der Waals surface area contributed by atoms with Crippen LogP contribution in [-0.4, -0.2) is 0 Å². The van der Waals surface area contributed by atoms with Crippen molar-refractivity contribution in [2.24, 2.45) is 40.9 Å². The third-order valence-corrected chi connectivity index (χ3v) is 6.23. The average Bonchev–Trinajstić information content (AvgIpc) is 2.84. The summed E-state index contributed by atoms with van der Waals surface area (Å²) in [7, 11) is 0. The van der Waals surface area contributed by atoms with Crippen LogP contribution in [0, 0.1) is 40.9 Å². The van der Waals surface area contributed by atoms with Crippen LogP contribution in [0.5, 0.6) is 0 Å². The Labute approximate surface area is 102 Å². The highest BCUT2D eigenvalue weighted by molar-refractivity contribution is 5.03. The van der Waals surface area contributed by atoms with Crippen molar-refractivity contribution in [2.75, 3.05) is 0 Å². The van der Waals surface area contributed by atoms with E-state index in [4.69, 9.17) is 0 Å². The van der Waals surface area contributed by atoms with E-state index in [1.54, 1.807) is 0 Å². The molecule has 2 aliphatic rings. The normalized spacial score (nSPS) is 51.6. The van der Waals surface area contributed by atoms with Gasteiger partial charge in [-0.05, 0) is 53.8 Å². The Morgan fingerprint density at radius 2 is 1.81 bits per heavy atom. The maximum atomic E-state index is 2.55. The fourth-order valence-electron chi connectivity index (χ4n) is 4.53. The zero-order valence-electron chi connectivity index (χ0n) is 12.1. The largest absolute Gasteiger partial charge is 0.0651 e. The van der Waals surface area contributed by atoms with Gasteiger partial charge in [0.25, 0.3) is 0 Å². The van der Waals surface area contributed by atoms with Crippen LogP contribution >= 0.6 is 0 Å². The van der Waals surface area contributed by atoms with E-state index in [1.165, 1.54) is 19.3 Å². The van der Waals surface area contributed by atoms with E-state index in [0.717, 1.165) is 35.5 Å². The van der Waals surface area contributed by atoms with Gasteiger partial charge in [-0.25, -0.2) is 0 Å². The highest BCUT2D eigenvalue weighted by Gasteiger charge is 2.54. The lowest BCUT2D eigenvalue weighted by Gasteiger charge is -2.54. The first-order valence-corrected chi connectivity index (χ1v) is 7.40. The summed E-state index contributed by atoms with van der Waals surface area (Å²) >= 11 is 0. The fourth-order valence-corrected chi connectivity index (χ4v) is 4.53. The standard InChI is InChI=1S/C16H30/c1-7-13-11(4)15(13)9-16(6)8-14(10(2)3)12(16)5/h10-15H,7-9H2,1-6H3. The van der Waals surface area contributed by atoms with E-state index in [-0.39, 0.29) is 0 Å². The first-order valence-electron chi connectivity index (χ1n) is 7.40. The highest BCUT2D eigenvalue weighted by Crippen LogP contribution is 2.62. The maximum absolute atomic E-state index is 2.55. The topological polar surface area (TPSA) is 0 Å². The zero-order chi connectivity index (χ0) is 12.1. The number of hydrogen-bond acceptors (Lipinski definition) is 0. The molecule has 0 saturated heterocycles. The molecule has 0 heterocycles. The summed E-state index contributed by atoms with van der Waals surface area (Å²) in [4.78, 5) is 0. The monoisotopic (exact) mass is 222 g/mol. The molecule has 2 aliphatic carbocycles. The molecule has 0 aliphatic heterocycles. The smallest absolute Gasteiger partial charge is 0.0292 e. The van der Waals surface area contributed by atoms with Gasteiger partial charge in [-0.2, -0.15) is 0 Å². The molecule has 0 aromatic rings. The molecule has 0 spiro atoms. The molecular formula is C16H30. The lowest BCUT2D eigenvalue weighted by Crippen LogP contribution is -2.46. The summed E-state index contributed by atoms with van der Waals surface area (Å²) in [5, 5.41) is 0. The molecule has 6 unspecified atom stereocenters. The van der Waals surface area contributed by atoms with E-state index in [9.17, 15) is 0 Å². The third-order valence-electron chi connectivity index (χ3n) is 6.23. The number of hydrogen-bond donors (Lipinski definition) is 0. The molecule has 2 saturated carbocycles. The van der Waals surface area contributed by atoms with E-state index in [1.807, 2.05) is 0 Å². The van der Waals surface area contributed by atoms with Crippen molar-refractivity contribution >= 4 is 0 Å². The molecule has 2 fully saturated rings. The van der Waals surface area contributed by atoms with Crippen molar-refractivity contribution in [1.29, 1.82) is 0 Å². The van der Waals surface area contributed by atoms with E-state index < -0.39 is 0 Å². The van der Waals surface area contributed by atoms with E-state index in [0.29, 0.717) is 5.41 Å². The fraction of sp³-hybridized carbons (Fsp3) is 1.00. The summed E-state index contributed by atoms with van der Waals surface area (Å²) in [6, 6.07) is 0. The van der Waals surface area contributed by atoms with Gasteiger partial charge in [-0.3, -0.25) is 0 Å². The van der Waals surface area contributed by atoms with Gasteiger partial charge in [-0.15, -0.1) is 0 Å². The van der Waals surface area contributed by atoms with Gasteiger partial charge >= 0.3 is 0 Å². The molecule has 6 atom stereocenters. The second-order valence-electron chi connectivity index (χ2n) is 7.35. The highest BCUT2D eigenvalue weighted by atomic mass is 14.6. The van der Waals surface area contributed by atoms with Gasteiger partial charge in [0.1, 0.15) is 0 Å². The molecule has 94 valence electrons. The summed E-state index contributed by atoms with van der Waals surface area (Å²) < 4.78 is 0. The van der Waals surface area contributed by atoms with Gasteiger partial charge < -0.3 is 0 Å². The van der Waals surface area contributed by atoms with Gasteiger partial charge in [-0.1, -0.05) is 48.0 Å². The lowest BCUT2D eigenvalue weighted by atomic mass is 9.51. The maximum Gasteiger partial charge on any atom is -0.0292 e. The second kappa shape index (κ2) is 4.03. The van der Waals surface area contributed by atoms with Gasteiger partial charge in [0.2, 0.25) is 0 Å². The minimum absolute atomic E-state index is 0.678. The lowest BCUT2D eigenvalue weighted by molar-refractivity contribution is -0.0524. The van der Waals surface area contributed by atoms with Crippen molar-refractivity contribution < 1.29 is 0 Å². The predicted octanol–water partition coefficient (Wildman–Crippen LogP) is 4.99. The van der Waals surface area contributed by atoms with Crippen molar-refractivity contribution in [3.8, 4) is 0 Å². The molecule has 0 radical (unpaired) electrons. The Balaban J connectivity index is 1.88. The Kier molecular flexibility index (Phi) is 3.14. The molecular weight excluding hydrogens is 192 g/mol.